The molecule has 0 N–H and O–H groups in total. The maximum Gasteiger partial charge on any atom is 0.412 e. The predicted molar refractivity (Wildman–Crippen MR) is 36.8 cm³/mol. The van der Waals surface area contributed by atoms with Crippen molar-refractivity contribution in [3.8, 4) is 0 Å². The lowest BCUT2D eigenvalue weighted by molar-refractivity contribution is -0.0931. The average molecular weight is 154 g/mol. The zero-order valence-corrected chi connectivity index (χ0v) is 6.55. The van der Waals surface area contributed by atoms with E-state index in [0.717, 1.165) is 0 Å². The molecule has 0 aliphatic rings. The molecular formula is C7H13F3. The minimum absolute atomic E-state index is 0.0243. The van der Waals surface area contributed by atoms with E-state index in [9.17, 15) is 13.2 Å². The van der Waals surface area contributed by atoms with Gasteiger partial charge in [-0.15, -0.1) is 0 Å². The van der Waals surface area contributed by atoms with Crippen LogP contribution in [0.5, 0.6) is 0 Å². The molecule has 0 saturated heterocycles. The number of hydrogen-bond acceptors (Lipinski definition) is 0. The molecule has 0 saturated carbocycles. The SMILES string of the molecule is C=C(CC)C(F)(F)F.CC. The molecule has 0 atom stereocenters. The molecule has 0 rings (SSSR count). The quantitative estimate of drug-likeness (QED) is 0.507. The van der Waals surface area contributed by atoms with Crippen molar-refractivity contribution >= 4 is 0 Å². The summed E-state index contributed by atoms with van der Waals surface area (Å²) in [6, 6.07) is 0. The highest BCUT2D eigenvalue weighted by atomic mass is 19.4. The molecule has 0 aromatic carbocycles. The van der Waals surface area contributed by atoms with Crippen molar-refractivity contribution in [2.24, 2.45) is 0 Å². The highest BCUT2D eigenvalue weighted by Crippen LogP contribution is 2.25. The summed E-state index contributed by atoms with van der Waals surface area (Å²) in [5.41, 5.74) is -0.669. The molecule has 3 heteroatoms. The Morgan fingerprint density at radius 3 is 1.60 bits per heavy atom. The van der Waals surface area contributed by atoms with Crippen LogP contribution in [0.25, 0.3) is 0 Å². The summed E-state index contributed by atoms with van der Waals surface area (Å²) in [6.45, 7) is 8.25. The van der Waals surface area contributed by atoms with Crippen molar-refractivity contribution in [2.45, 2.75) is 33.4 Å². The Labute approximate surface area is 59.7 Å². The summed E-state index contributed by atoms with van der Waals surface area (Å²) in [5, 5.41) is 0. The van der Waals surface area contributed by atoms with Gasteiger partial charge < -0.3 is 0 Å². The first-order valence-electron chi connectivity index (χ1n) is 3.23. The molecule has 0 aliphatic heterocycles. The number of alkyl halides is 3. The molecular weight excluding hydrogens is 141 g/mol. The molecule has 0 aromatic heterocycles. The Kier molecular flexibility index (Phi) is 6.51. The van der Waals surface area contributed by atoms with E-state index in [4.69, 9.17) is 0 Å². The van der Waals surface area contributed by atoms with Crippen molar-refractivity contribution in [1.82, 2.24) is 0 Å². The van der Waals surface area contributed by atoms with Crippen LogP contribution in [0, 0.1) is 0 Å². The van der Waals surface area contributed by atoms with Crippen LogP contribution in [0.15, 0.2) is 12.2 Å². The lowest BCUT2D eigenvalue weighted by atomic mass is 10.2. The van der Waals surface area contributed by atoms with E-state index >= 15 is 0 Å². The molecule has 0 aromatic rings. The van der Waals surface area contributed by atoms with E-state index in [1.165, 1.54) is 6.92 Å². The zero-order valence-electron chi connectivity index (χ0n) is 6.55. The molecule has 10 heavy (non-hydrogen) atoms. The van der Waals surface area contributed by atoms with Gasteiger partial charge >= 0.3 is 6.18 Å². The average Bonchev–Trinajstić information content (AvgIpc) is 1.89. The largest absolute Gasteiger partial charge is 0.412 e. The minimum atomic E-state index is -4.19. The Morgan fingerprint density at radius 1 is 1.30 bits per heavy atom. The molecule has 0 heterocycles. The van der Waals surface area contributed by atoms with E-state index in [-0.39, 0.29) is 6.42 Å². The van der Waals surface area contributed by atoms with Gasteiger partial charge in [-0.3, -0.25) is 0 Å². The van der Waals surface area contributed by atoms with Gasteiger partial charge in [0.05, 0.1) is 0 Å². The first-order valence-corrected chi connectivity index (χ1v) is 3.23. The fourth-order valence-corrected chi connectivity index (χ4v) is 0.200. The third-order valence-corrected chi connectivity index (χ3v) is 0.828. The topological polar surface area (TPSA) is 0 Å². The van der Waals surface area contributed by atoms with Crippen LogP contribution < -0.4 is 0 Å². The normalized spacial score (nSPS) is 9.80. The lowest BCUT2D eigenvalue weighted by Gasteiger charge is -2.05. The maximum absolute atomic E-state index is 11.3. The van der Waals surface area contributed by atoms with Crippen LogP contribution in [0.2, 0.25) is 0 Å². The second-order valence-corrected chi connectivity index (χ2v) is 1.45. The number of hydrogen-bond donors (Lipinski definition) is 0. The van der Waals surface area contributed by atoms with E-state index in [2.05, 4.69) is 6.58 Å². The van der Waals surface area contributed by atoms with Gasteiger partial charge in [0.25, 0.3) is 0 Å². The monoisotopic (exact) mass is 154 g/mol. The summed E-state index contributed by atoms with van der Waals surface area (Å²) < 4.78 is 34.0. The van der Waals surface area contributed by atoms with Gasteiger partial charge in [-0.2, -0.15) is 13.2 Å². The molecule has 0 radical (unpaired) electrons. The van der Waals surface area contributed by atoms with Gasteiger partial charge in [0.15, 0.2) is 0 Å². The predicted octanol–water partition coefficient (Wildman–Crippen LogP) is 3.54. The Bertz CT molecular complexity index is 91.5. The fourth-order valence-electron chi connectivity index (χ4n) is 0.200. The summed E-state index contributed by atoms with van der Waals surface area (Å²) in [5.74, 6) is 0. The zero-order chi connectivity index (χ0) is 8.78. The molecule has 0 unspecified atom stereocenters. The van der Waals surface area contributed by atoms with Crippen LogP contribution in [0.4, 0.5) is 13.2 Å². The fraction of sp³-hybridized carbons (Fsp3) is 0.714. The van der Waals surface area contributed by atoms with E-state index in [1.54, 1.807) is 0 Å². The van der Waals surface area contributed by atoms with Gasteiger partial charge in [-0.05, 0) is 6.42 Å². The smallest absolute Gasteiger partial charge is 0.167 e. The number of allylic oxidation sites excluding steroid dienone is 1. The van der Waals surface area contributed by atoms with Crippen molar-refractivity contribution < 1.29 is 13.2 Å². The third-order valence-electron chi connectivity index (χ3n) is 0.828. The Hall–Kier alpha value is -0.470. The van der Waals surface area contributed by atoms with E-state index in [0.29, 0.717) is 0 Å². The second-order valence-electron chi connectivity index (χ2n) is 1.45. The third kappa shape index (κ3) is 5.66. The number of rotatable bonds is 1. The van der Waals surface area contributed by atoms with Crippen LogP contribution in [-0.4, -0.2) is 6.18 Å². The number of halogens is 3. The highest BCUT2D eigenvalue weighted by Gasteiger charge is 2.29. The van der Waals surface area contributed by atoms with Crippen LogP contribution in [-0.2, 0) is 0 Å². The standard InChI is InChI=1S/C5H7F3.C2H6/c1-3-4(2)5(6,7)8;1-2/h2-3H2,1H3;1-2H3. The van der Waals surface area contributed by atoms with Crippen molar-refractivity contribution in [3.63, 3.8) is 0 Å². The van der Waals surface area contributed by atoms with Crippen molar-refractivity contribution in [3.05, 3.63) is 12.2 Å². The summed E-state index contributed by atoms with van der Waals surface area (Å²) in [6.07, 6.45) is -4.21. The second kappa shape index (κ2) is 5.33. The van der Waals surface area contributed by atoms with Crippen molar-refractivity contribution in [1.29, 1.82) is 0 Å². The van der Waals surface area contributed by atoms with Gasteiger partial charge in [0.2, 0.25) is 0 Å². The Balaban J connectivity index is 0. The van der Waals surface area contributed by atoms with Gasteiger partial charge in [0, 0.05) is 5.57 Å². The van der Waals surface area contributed by atoms with Gasteiger partial charge in [0.1, 0.15) is 0 Å². The molecule has 0 bridgehead atoms. The van der Waals surface area contributed by atoms with Crippen LogP contribution >= 0.6 is 0 Å². The molecule has 0 fully saturated rings. The summed E-state index contributed by atoms with van der Waals surface area (Å²) in [4.78, 5) is 0. The summed E-state index contributed by atoms with van der Waals surface area (Å²) >= 11 is 0. The van der Waals surface area contributed by atoms with E-state index in [1.807, 2.05) is 13.8 Å². The van der Waals surface area contributed by atoms with Crippen LogP contribution in [0.3, 0.4) is 0 Å². The molecule has 62 valence electrons. The highest BCUT2D eigenvalue weighted by molar-refractivity contribution is 5.00. The van der Waals surface area contributed by atoms with Crippen molar-refractivity contribution in [2.75, 3.05) is 0 Å². The first-order chi connectivity index (χ1) is 4.48. The Morgan fingerprint density at radius 2 is 1.60 bits per heavy atom. The minimum Gasteiger partial charge on any atom is -0.167 e. The van der Waals surface area contributed by atoms with E-state index < -0.39 is 11.7 Å². The van der Waals surface area contributed by atoms with Gasteiger partial charge in [-0.25, -0.2) is 0 Å². The van der Waals surface area contributed by atoms with Gasteiger partial charge in [-0.1, -0.05) is 27.4 Å². The molecule has 0 aliphatic carbocycles. The maximum atomic E-state index is 11.3. The summed E-state index contributed by atoms with van der Waals surface area (Å²) in [7, 11) is 0. The molecule has 0 spiro atoms. The van der Waals surface area contributed by atoms with Crippen LogP contribution in [0.1, 0.15) is 27.2 Å². The molecule has 0 amide bonds. The first kappa shape index (κ1) is 12.2. The lowest BCUT2D eigenvalue weighted by Crippen LogP contribution is -2.09. The molecule has 0 nitrogen and oxygen atoms in total.